The van der Waals surface area contributed by atoms with E-state index in [4.69, 9.17) is 0 Å². The Bertz CT molecular complexity index is 864. The quantitative estimate of drug-likeness (QED) is 0.369. The molecule has 0 atom stereocenters. The monoisotopic (exact) mass is 493 g/mol. The van der Waals surface area contributed by atoms with E-state index >= 15 is 0 Å². The molecule has 0 radical (unpaired) electrons. The van der Waals surface area contributed by atoms with Gasteiger partial charge in [0.25, 0.3) is 11.6 Å². The molecule has 1 aliphatic rings. The first-order valence-corrected chi connectivity index (χ1v) is 10.5. The van der Waals surface area contributed by atoms with Crippen LogP contribution in [0.3, 0.4) is 0 Å². The van der Waals surface area contributed by atoms with Crippen LogP contribution in [-0.4, -0.2) is 28.8 Å². The number of nitro groups is 1. The maximum absolute atomic E-state index is 12.6. The number of hydrogen-bond donors (Lipinski definition) is 1. The lowest BCUT2D eigenvalue weighted by Gasteiger charge is -2.30. The van der Waals surface area contributed by atoms with E-state index in [0.717, 1.165) is 31.1 Å². The van der Waals surface area contributed by atoms with E-state index in [9.17, 15) is 14.9 Å². The number of rotatable bonds is 6. The molecular weight excluding hydrogens is 469 g/mol. The highest BCUT2D eigenvalue weighted by molar-refractivity contribution is 14.1. The molecule has 28 heavy (non-hydrogen) atoms. The summed E-state index contributed by atoms with van der Waals surface area (Å²) < 4.78 is 0.691. The summed E-state index contributed by atoms with van der Waals surface area (Å²) in [7, 11) is 0. The molecule has 1 aliphatic heterocycles. The van der Waals surface area contributed by atoms with Crippen LogP contribution in [0.4, 0.5) is 5.69 Å². The molecule has 1 fully saturated rings. The molecule has 0 unspecified atom stereocenters. The Morgan fingerprint density at radius 2 is 1.89 bits per heavy atom. The summed E-state index contributed by atoms with van der Waals surface area (Å²) in [5, 5.41) is 13.9. The average molecular weight is 493 g/mol. The number of benzene rings is 2. The third-order valence-corrected chi connectivity index (χ3v) is 6.17. The minimum absolute atomic E-state index is 0.0784. The summed E-state index contributed by atoms with van der Waals surface area (Å²) in [6, 6.07) is 12.5. The Labute approximate surface area is 178 Å². The second-order valence-corrected chi connectivity index (χ2v) is 8.49. The maximum Gasteiger partial charge on any atom is 0.270 e. The van der Waals surface area contributed by atoms with Gasteiger partial charge in [0.05, 0.1) is 10.5 Å². The molecule has 0 bridgehead atoms. The molecule has 6 nitrogen and oxygen atoms in total. The lowest BCUT2D eigenvalue weighted by Crippen LogP contribution is -2.33. The zero-order valence-electron chi connectivity index (χ0n) is 15.9. The Morgan fingerprint density at radius 3 is 2.57 bits per heavy atom. The van der Waals surface area contributed by atoms with Gasteiger partial charge in [0.15, 0.2) is 0 Å². The molecule has 2 aromatic rings. The Kier molecular flexibility index (Phi) is 7.01. The average Bonchev–Trinajstić information content (AvgIpc) is 2.69. The molecule has 3 rings (SSSR count). The second-order valence-electron chi connectivity index (χ2n) is 7.33. The highest BCUT2D eigenvalue weighted by Crippen LogP contribution is 2.21. The lowest BCUT2D eigenvalue weighted by molar-refractivity contribution is -0.384. The Hall–Kier alpha value is -2.00. The molecule has 0 saturated carbocycles. The molecule has 1 amide bonds. The number of carbonyl (C=O) groups is 1. The van der Waals surface area contributed by atoms with E-state index in [1.165, 1.54) is 30.5 Å². The third kappa shape index (κ3) is 5.29. The molecule has 148 valence electrons. The van der Waals surface area contributed by atoms with Crippen LogP contribution in [0.2, 0.25) is 0 Å². The highest BCUT2D eigenvalue weighted by Gasteiger charge is 2.18. The number of piperidine rings is 1. The first-order chi connectivity index (χ1) is 13.4. The second kappa shape index (κ2) is 9.47. The molecule has 2 aromatic carbocycles. The van der Waals surface area contributed by atoms with Crippen molar-refractivity contribution >= 4 is 34.2 Å². The van der Waals surface area contributed by atoms with Gasteiger partial charge in [0.1, 0.15) is 0 Å². The number of likely N-dealkylation sites (tertiary alicyclic amines) is 1. The smallest absolute Gasteiger partial charge is 0.270 e. The van der Waals surface area contributed by atoms with Gasteiger partial charge in [0.2, 0.25) is 0 Å². The summed E-state index contributed by atoms with van der Waals surface area (Å²) in [6.45, 7) is 5.79. The number of hydrogen-bond acceptors (Lipinski definition) is 4. The Morgan fingerprint density at radius 1 is 1.21 bits per heavy atom. The number of amides is 1. The number of carbonyl (C=O) groups excluding carboxylic acids is 1. The summed E-state index contributed by atoms with van der Waals surface area (Å²) in [5.41, 5.74) is 2.54. The number of halogens is 1. The first-order valence-electron chi connectivity index (χ1n) is 9.45. The van der Waals surface area contributed by atoms with Crippen molar-refractivity contribution in [2.75, 3.05) is 13.1 Å². The van der Waals surface area contributed by atoms with Crippen molar-refractivity contribution in [3.63, 3.8) is 0 Å². The number of nitro benzene ring substituents is 1. The largest absolute Gasteiger partial charge is 0.348 e. The maximum atomic E-state index is 12.6. The fourth-order valence-electron chi connectivity index (χ4n) is 3.42. The predicted molar refractivity (Wildman–Crippen MR) is 117 cm³/mol. The van der Waals surface area contributed by atoms with Gasteiger partial charge >= 0.3 is 0 Å². The normalized spacial score (nSPS) is 15.4. The van der Waals surface area contributed by atoms with Crippen molar-refractivity contribution in [2.45, 2.75) is 32.9 Å². The van der Waals surface area contributed by atoms with Crippen LogP contribution < -0.4 is 5.32 Å². The standard InChI is InChI=1S/C21H24IN3O3/c1-15-8-10-24(11-9-15)14-17-5-3-2-4-16(17)13-23-21(26)19-12-18(25(27)28)6-7-20(19)22/h2-7,12,15H,8-11,13-14H2,1H3,(H,23,26). The van der Waals surface area contributed by atoms with Crippen LogP contribution in [0, 0.1) is 19.6 Å². The van der Waals surface area contributed by atoms with Gasteiger partial charge in [-0.2, -0.15) is 0 Å². The topological polar surface area (TPSA) is 75.5 Å². The van der Waals surface area contributed by atoms with Crippen LogP contribution in [0.15, 0.2) is 42.5 Å². The zero-order valence-corrected chi connectivity index (χ0v) is 18.0. The van der Waals surface area contributed by atoms with Crippen molar-refractivity contribution in [1.82, 2.24) is 10.2 Å². The van der Waals surface area contributed by atoms with Gasteiger partial charge in [-0.05, 0) is 71.6 Å². The highest BCUT2D eigenvalue weighted by atomic mass is 127. The minimum atomic E-state index is -0.484. The van der Waals surface area contributed by atoms with Crippen LogP contribution in [0.1, 0.15) is 41.3 Å². The zero-order chi connectivity index (χ0) is 20.1. The summed E-state index contributed by atoms with van der Waals surface area (Å²) >= 11 is 2.02. The van der Waals surface area contributed by atoms with Gasteiger partial charge in [-0.15, -0.1) is 0 Å². The van der Waals surface area contributed by atoms with Gasteiger partial charge in [-0.3, -0.25) is 19.8 Å². The van der Waals surface area contributed by atoms with E-state index in [1.807, 2.05) is 40.8 Å². The number of nitrogens with one attached hydrogen (secondary N) is 1. The molecular formula is C21H24IN3O3. The number of nitrogens with zero attached hydrogens (tertiary/aromatic N) is 2. The SMILES string of the molecule is CC1CCN(Cc2ccccc2CNC(=O)c2cc([N+](=O)[O-])ccc2I)CC1. The third-order valence-electron chi connectivity index (χ3n) is 5.23. The fraction of sp³-hybridized carbons (Fsp3) is 0.381. The van der Waals surface area contributed by atoms with E-state index < -0.39 is 4.92 Å². The van der Waals surface area contributed by atoms with E-state index in [0.29, 0.717) is 15.7 Å². The summed E-state index contributed by atoms with van der Waals surface area (Å²) in [6.07, 6.45) is 2.45. The van der Waals surface area contributed by atoms with Crippen molar-refractivity contribution in [3.05, 3.63) is 72.8 Å². The molecule has 7 heteroatoms. The van der Waals surface area contributed by atoms with Crippen molar-refractivity contribution in [2.24, 2.45) is 5.92 Å². The molecule has 0 aliphatic carbocycles. The minimum Gasteiger partial charge on any atom is -0.348 e. The van der Waals surface area contributed by atoms with Gasteiger partial charge in [-0.1, -0.05) is 31.2 Å². The van der Waals surface area contributed by atoms with E-state index in [2.05, 4.69) is 23.2 Å². The molecule has 0 aromatic heterocycles. The van der Waals surface area contributed by atoms with E-state index in [1.54, 1.807) is 6.07 Å². The van der Waals surface area contributed by atoms with Crippen molar-refractivity contribution in [1.29, 1.82) is 0 Å². The molecule has 1 saturated heterocycles. The Balaban J connectivity index is 1.67. The van der Waals surface area contributed by atoms with E-state index in [-0.39, 0.29) is 11.6 Å². The van der Waals surface area contributed by atoms with Crippen molar-refractivity contribution < 1.29 is 9.72 Å². The summed E-state index contributed by atoms with van der Waals surface area (Å²) in [5.74, 6) is 0.498. The van der Waals surface area contributed by atoms with Crippen LogP contribution >= 0.6 is 22.6 Å². The number of non-ortho nitro benzene ring substituents is 1. The molecule has 1 N–H and O–H groups in total. The van der Waals surface area contributed by atoms with Crippen LogP contribution in [0.5, 0.6) is 0 Å². The van der Waals surface area contributed by atoms with Gasteiger partial charge < -0.3 is 5.32 Å². The van der Waals surface area contributed by atoms with Gasteiger partial charge in [-0.25, -0.2) is 0 Å². The molecule has 1 heterocycles. The molecule has 0 spiro atoms. The van der Waals surface area contributed by atoms with Crippen molar-refractivity contribution in [3.8, 4) is 0 Å². The summed E-state index contributed by atoms with van der Waals surface area (Å²) in [4.78, 5) is 25.6. The van der Waals surface area contributed by atoms with Crippen LogP contribution in [0.25, 0.3) is 0 Å². The first kappa shape index (κ1) is 20.7. The van der Waals surface area contributed by atoms with Gasteiger partial charge in [0, 0.05) is 28.8 Å². The predicted octanol–water partition coefficient (Wildman–Crippen LogP) is 4.36. The lowest BCUT2D eigenvalue weighted by atomic mass is 9.98. The van der Waals surface area contributed by atoms with Crippen LogP contribution in [-0.2, 0) is 13.1 Å². The fourth-order valence-corrected chi connectivity index (χ4v) is 4.00.